The van der Waals surface area contributed by atoms with Crippen molar-refractivity contribution in [1.82, 2.24) is 9.88 Å². The van der Waals surface area contributed by atoms with E-state index in [2.05, 4.69) is 9.88 Å². The molecule has 2 rings (SSSR count). The van der Waals surface area contributed by atoms with E-state index in [0.717, 1.165) is 26.1 Å². The lowest BCUT2D eigenvalue weighted by atomic mass is 9.95. The molecule has 0 aliphatic carbocycles. The van der Waals surface area contributed by atoms with Gasteiger partial charge in [0.1, 0.15) is 0 Å². The van der Waals surface area contributed by atoms with Crippen molar-refractivity contribution in [3.8, 4) is 0 Å². The van der Waals surface area contributed by atoms with Gasteiger partial charge in [0.2, 0.25) is 0 Å². The Kier molecular flexibility index (Phi) is 4.58. The number of hydrogen-bond acceptors (Lipinski definition) is 4. The predicted molar refractivity (Wildman–Crippen MR) is 66.8 cm³/mol. The number of halogens is 1. The molecule has 3 nitrogen and oxygen atoms in total. The molecule has 1 N–H and O–H groups in total. The molecule has 0 amide bonds. The van der Waals surface area contributed by atoms with E-state index in [1.807, 2.05) is 6.20 Å². The number of likely N-dealkylation sites (tertiary alicyclic amines) is 1. The van der Waals surface area contributed by atoms with Crippen LogP contribution in [0.4, 0.5) is 0 Å². The normalized spacial score (nSPS) is 22.5. The maximum absolute atomic E-state index is 8.95. The first kappa shape index (κ1) is 12.3. The Morgan fingerprint density at radius 1 is 1.62 bits per heavy atom. The minimum absolute atomic E-state index is 0.310. The minimum atomic E-state index is 0.310. The molecule has 0 spiro atoms. The predicted octanol–water partition coefficient (Wildman–Crippen LogP) is 2.39. The summed E-state index contributed by atoms with van der Waals surface area (Å²) in [6, 6.07) is 0. The summed E-state index contributed by atoms with van der Waals surface area (Å²) < 4.78 is 0.624. The third-order valence-electron chi connectivity index (χ3n) is 3.05. The SMILES string of the molecule is OCCC1CCCN(Cc2cnc(Cl)s2)C1. The summed E-state index contributed by atoms with van der Waals surface area (Å²) in [5.41, 5.74) is 0. The fourth-order valence-electron chi connectivity index (χ4n) is 2.29. The van der Waals surface area contributed by atoms with Crippen LogP contribution in [0.3, 0.4) is 0 Å². The highest BCUT2D eigenvalue weighted by Crippen LogP contribution is 2.24. The number of thiazole rings is 1. The Balaban J connectivity index is 1.85. The summed E-state index contributed by atoms with van der Waals surface area (Å²) >= 11 is 7.37. The van der Waals surface area contributed by atoms with Gasteiger partial charge in [0, 0.05) is 30.8 Å². The third-order valence-corrected chi connectivity index (χ3v) is 4.14. The maximum Gasteiger partial charge on any atom is 0.183 e. The topological polar surface area (TPSA) is 36.4 Å². The van der Waals surface area contributed by atoms with Gasteiger partial charge in [-0.15, -0.1) is 11.3 Å². The monoisotopic (exact) mass is 260 g/mol. The summed E-state index contributed by atoms with van der Waals surface area (Å²) in [6.07, 6.45) is 5.28. The zero-order valence-corrected chi connectivity index (χ0v) is 10.8. The second-order valence-corrected chi connectivity index (χ2v) is 6.03. The van der Waals surface area contributed by atoms with Crippen LogP contribution in [0.15, 0.2) is 6.20 Å². The molecule has 1 fully saturated rings. The van der Waals surface area contributed by atoms with E-state index in [0.29, 0.717) is 17.0 Å². The van der Waals surface area contributed by atoms with Gasteiger partial charge in [0.15, 0.2) is 4.47 Å². The number of piperidine rings is 1. The molecular formula is C11H17ClN2OS. The van der Waals surface area contributed by atoms with Crippen LogP contribution in [0.2, 0.25) is 4.47 Å². The smallest absolute Gasteiger partial charge is 0.183 e. The van der Waals surface area contributed by atoms with E-state index < -0.39 is 0 Å². The molecule has 0 saturated carbocycles. The molecule has 1 aromatic heterocycles. The van der Waals surface area contributed by atoms with Crippen LogP contribution in [-0.4, -0.2) is 34.7 Å². The van der Waals surface area contributed by atoms with Crippen LogP contribution < -0.4 is 0 Å². The van der Waals surface area contributed by atoms with Crippen LogP contribution in [0.25, 0.3) is 0 Å². The maximum atomic E-state index is 8.95. The van der Waals surface area contributed by atoms with E-state index >= 15 is 0 Å². The average molecular weight is 261 g/mol. The van der Waals surface area contributed by atoms with Crippen LogP contribution >= 0.6 is 22.9 Å². The minimum Gasteiger partial charge on any atom is -0.396 e. The highest BCUT2D eigenvalue weighted by atomic mass is 35.5. The first-order valence-electron chi connectivity index (χ1n) is 5.71. The lowest BCUT2D eigenvalue weighted by molar-refractivity contribution is 0.143. The largest absolute Gasteiger partial charge is 0.396 e. The summed E-state index contributed by atoms with van der Waals surface area (Å²) in [6.45, 7) is 3.50. The van der Waals surface area contributed by atoms with Gasteiger partial charge in [-0.25, -0.2) is 4.98 Å². The van der Waals surface area contributed by atoms with E-state index in [9.17, 15) is 0 Å². The van der Waals surface area contributed by atoms with Crippen LogP contribution in [-0.2, 0) is 6.54 Å². The van der Waals surface area contributed by atoms with Crippen molar-refractivity contribution >= 4 is 22.9 Å². The van der Waals surface area contributed by atoms with Crippen LogP contribution in [0.5, 0.6) is 0 Å². The van der Waals surface area contributed by atoms with E-state index in [-0.39, 0.29) is 0 Å². The number of aliphatic hydroxyl groups excluding tert-OH is 1. The Labute approximate surface area is 105 Å². The molecule has 16 heavy (non-hydrogen) atoms. The summed E-state index contributed by atoms with van der Waals surface area (Å²) in [5.74, 6) is 0.655. The molecule has 2 heterocycles. The van der Waals surface area contributed by atoms with Crippen LogP contribution in [0, 0.1) is 5.92 Å². The molecule has 1 aliphatic heterocycles. The third kappa shape index (κ3) is 3.42. The number of rotatable bonds is 4. The van der Waals surface area contributed by atoms with E-state index in [4.69, 9.17) is 16.7 Å². The van der Waals surface area contributed by atoms with Gasteiger partial charge >= 0.3 is 0 Å². The molecular weight excluding hydrogens is 244 g/mol. The Morgan fingerprint density at radius 2 is 2.50 bits per heavy atom. The Hall–Kier alpha value is -0.160. The fraction of sp³-hybridized carbons (Fsp3) is 0.727. The molecule has 1 aromatic rings. The molecule has 5 heteroatoms. The molecule has 1 unspecified atom stereocenters. The van der Waals surface area contributed by atoms with Gasteiger partial charge < -0.3 is 5.11 Å². The molecule has 1 aliphatic rings. The fourth-order valence-corrected chi connectivity index (χ4v) is 3.31. The molecule has 0 aromatic carbocycles. The Bertz CT molecular complexity index is 330. The van der Waals surface area contributed by atoms with Gasteiger partial charge in [-0.05, 0) is 31.7 Å². The second-order valence-electron chi connectivity index (χ2n) is 4.34. The van der Waals surface area contributed by atoms with Crippen molar-refractivity contribution in [2.24, 2.45) is 5.92 Å². The van der Waals surface area contributed by atoms with Crippen molar-refractivity contribution in [3.05, 3.63) is 15.5 Å². The highest BCUT2D eigenvalue weighted by Gasteiger charge is 2.19. The molecule has 1 saturated heterocycles. The molecule has 1 atom stereocenters. The van der Waals surface area contributed by atoms with Crippen molar-refractivity contribution < 1.29 is 5.11 Å². The number of aromatic nitrogens is 1. The van der Waals surface area contributed by atoms with Gasteiger partial charge in [0.25, 0.3) is 0 Å². The molecule has 0 radical (unpaired) electrons. The van der Waals surface area contributed by atoms with Crippen molar-refractivity contribution in [2.45, 2.75) is 25.8 Å². The molecule has 90 valence electrons. The zero-order valence-electron chi connectivity index (χ0n) is 9.23. The number of hydrogen-bond donors (Lipinski definition) is 1. The van der Waals surface area contributed by atoms with Crippen molar-refractivity contribution in [3.63, 3.8) is 0 Å². The second kappa shape index (κ2) is 5.96. The lowest BCUT2D eigenvalue weighted by Crippen LogP contribution is -2.35. The van der Waals surface area contributed by atoms with Gasteiger partial charge in [0.05, 0.1) is 0 Å². The zero-order chi connectivity index (χ0) is 11.4. The number of nitrogens with zero attached hydrogens (tertiary/aromatic N) is 2. The average Bonchev–Trinajstić information content (AvgIpc) is 2.65. The lowest BCUT2D eigenvalue weighted by Gasteiger charge is -2.31. The first-order chi connectivity index (χ1) is 7.78. The van der Waals surface area contributed by atoms with E-state index in [1.54, 1.807) is 11.3 Å². The first-order valence-corrected chi connectivity index (χ1v) is 6.91. The van der Waals surface area contributed by atoms with E-state index in [1.165, 1.54) is 17.7 Å². The number of aliphatic hydroxyl groups is 1. The Morgan fingerprint density at radius 3 is 3.19 bits per heavy atom. The quantitative estimate of drug-likeness (QED) is 0.903. The van der Waals surface area contributed by atoms with Gasteiger partial charge in [-0.1, -0.05) is 11.6 Å². The van der Waals surface area contributed by atoms with Crippen molar-refractivity contribution in [2.75, 3.05) is 19.7 Å². The van der Waals surface area contributed by atoms with Crippen molar-refractivity contribution in [1.29, 1.82) is 0 Å². The van der Waals surface area contributed by atoms with Gasteiger partial charge in [-0.2, -0.15) is 0 Å². The van der Waals surface area contributed by atoms with Crippen LogP contribution in [0.1, 0.15) is 24.1 Å². The summed E-state index contributed by atoms with van der Waals surface area (Å²) in [5, 5.41) is 8.95. The van der Waals surface area contributed by atoms with Gasteiger partial charge in [-0.3, -0.25) is 4.90 Å². The summed E-state index contributed by atoms with van der Waals surface area (Å²) in [4.78, 5) is 7.72. The highest BCUT2D eigenvalue weighted by molar-refractivity contribution is 7.15. The summed E-state index contributed by atoms with van der Waals surface area (Å²) in [7, 11) is 0. The molecule has 0 bridgehead atoms. The standard InChI is InChI=1S/C11H17ClN2OS/c12-11-13-6-10(16-11)8-14-4-1-2-9(7-14)3-5-15/h6,9,15H,1-5,7-8H2.